The van der Waals surface area contributed by atoms with Crippen LogP contribution in [0, 0.1) is 0 Å². The third kappa shape index (κ3) is 2.29. The van der Waals surface area contributed by atoms with E-state index in [1.54, 1.807) is 6.20 Å². The van der Waals surface area contributed by atoms with E-state index >= 15 is 0 Å². The molecule has 0 radical (unpaired) electrons. The van der Waals surface area contributed by atoms with Crippen LogP contribution in [0.2, 0.25) is 0 Å². The van der Waals surface area contributed by atoms with E-state index in [-0.39, 0.29) is 0 Å². The Labute approximate surface area is 123 Å². The number of nitrogens with zero attached hydrogens (tertiary/aromatic N) is 4. The highest BCUT2D eigenvalue weighted by atomic mass is 15.1. The van der Waals surface area contributed by atoms with Gasteiger partial charge in [-0.05, 0) is 37.6 Å². The molecule has 1 atom stereocenters. The van der Waals surface area contributed by atoms with Gasteiger partial charge in [0.05, 0.1) is 17.6 Å². The van der Waals surface area contributed by atoms with Crippen LogP contribution in [0.15, 0.2) is 42.9 Å². The van der Waals surface area contributed by atoms with Crippen LogP contribution in [0.1, 0.15) is 24.5 Å². The standard InChI is InChI=1S/C16H17N5/c1-5-13(12-4-2-7-17-10-12)20-14(6-1)15-11-19-16-18-8-3-9-21(15)16/h1,3,5-6,8-9,11-12,17H,2,4,7,10H2/t12-/m0/s1. The molecule has 1 N–H and O–H groups in total. The second kappa shape index (κ2) is 5.26. The second-order valence-corrected chi connectivity index (χ2v) is 5.42. The molecule has 0 amide bonds. The van der Waals surface area contributed by atoms with Gasteiger partial charge in [-0.25, -0.2) is 9.97 Å². The Hall–Kier alpha value is -2.27. The fourth-order valence-electron chi connectivity index (χ4n) is 2.94. The van der Waals surface area contributed by atoms with Crippen molar-refractivity contribution in [3.63, 3.8) is 0 Å². The van der Waals surface area contributed by atoms with Crippen molar-refractivity contribution in [3.05, 3.63) is 48.5 Å². The Balaban J connectivity index is 1.75. The number of imidazole rings is 1. The molecule has 1 aliphatic rings. The van der Waals surface area contributed by atoms with Gasteiger partial charge in [-0.3, -0.25) is 9.38 Å². The number of hydrogen-bond acceptors (Lipinski definition) is 4. The lowest BCUT2D eigenvalue weighted by atomic mass is 9.95. The zero-order chi connectivity index (χ0) is 14.1. The lowest BCUT2D eigenvalue weighted by molar-refractivity contribution is 0.455. The summed E-state index contributed by atoms with van der Waals surface area (Å²) in [5, 5.41) is 3.45. The Morgan fingerprint density at radius 2 is 2.19 bits per heavy atom. The molecule has 0 unspecified atom stereocenters. The summed E-state index contributed by atoms with van der Waals surface area (Å²) in [5.74, 6) is 1.22. The molecule has 3 aromatic rings. The molecular formula is C16H17N5. The van der Waals surface area contributed by atoms with E-state index in [2.05, 4.69) is 27.4 Å². The van der Waals surface area contributed by atoms with Gasteiger partial charge in [0.1, 0.15) is 0 Å². The quantitative estimate of drug-likeness (QED) is 0.782. The molecule has 106 valence electrons. The molecule has 1 fully saturated rings. The zero-order valence-corrected chi connectivity index (χ0v) is 11.7. The number of fused-ring (bicyclic) bond motifs is 1. The minimum Gasteiger partial charge on any atom is -0.316 e. The lowest BCUT2D eigenvalue weighted by Gasteiger charge is -2.22. The van der Waals surface area contributed by atoms with E-state index in [1.165, 1.54) is 18.5 Å². The molecule has 0 aromatic carbocycles. The van der Waals surface area contributed by atoms with Crippen molar-refractivity contribution in [1.82, 2.24) is 24.7 Å². The average molecular weight is 279 g/mol. The molecule has 4 rings (SSSR count). The predicted molar refractivity (Wildman–Crippen MR) is 81.1 cm³/mol. The fraction of sp³-hybridized carbons (Fsp3) is 0.312. The summed E-state index contributed by atoms with van der Waals surface area (Å²) in [6.07, 6.45) is 7.99. The average Bonchev–Trinajstić information content (AvgIpc) is 3.00. The van der Waals surface area contributed by atoms with Crippen LogP contribution in [0.25, 0.3) is 17.2 Å². The van der Waals surface area contributed by atoms with Crippen molar-refractivity contribution in [3.8, 4) is 11.4 Å². The van der Waals surface area contributed by atoms with Gasteiger partial charge >= 0.3 is 0 Å². The van der Waals surface area contributed by atoms with Crippen LogP contribution < -0.4 is 5.32 Å². The van der Waals surface area contributed by atoms with Gasteiger partial charge in [0.15, 0.2) is 0 Å². The molecule has 3 aromatic heterocycles. The maximum Gasteiger partial charge on any atom is 0.234 e. The Kier molecular flexibility index (Phi) is 3.12. The number of pyridine rings is 1. The SMILES string of the molecule is c1cc(-c2cnc3ncccn23)nc([C@H]2CCCNC2)c1. The topological polar surface area (TPSA) is 55.1 Å². The van der Waals surface area contributed by atoms with Crippen molar-refractivity contribution in [2.45, 2.75) is 18.8 Å². The monoisotopic (exact) mass is 279 g/mol. The number of aromatic nitrogens is 4. The van der Waals surface area contributed by atoms with Crippen LogP contribution in [0.5, 0.6) is 0 Å². The summed E-state index contributed by atoms with van der Waals surface area (Å²) in [7, 11) is 0. The van der Waals surface area contributed by atoms with Crippen molar-refractivity contribution in [1.29, 1.82) is 0 Å². The molecule has 1 saturated heterocycles. The normalized spacial score (nSPS) is 19.0. The van der Waals surface area contributed by atoms with Gasteiger partial charge in [-0.1, -0.05) is 6.07 Å². The van der Waals surface area contributed by atoms with Gasteiger partial charge in [0, 0.05) is 30.6 Å². The van der Waals surface area contributed by atoms with E-state index in [0.29, 0.717) is 11.7 Å². The first-order chi connectivity index (χ1) is 10.4. The minimum atomic E-state index is 0.510. The van der Waals surface area contributed by atoms with E-state index in [1.807, 2.05) is 28.9 Å². The molecule has 5 nitrogen and oxygen atoms in total. The minimum absolute atomic E-state index is 0.510. The Bertz CT molecular complexity index is 758. The molecule has 4 heterocycles. The summed E-state index contributed by atoms with van der Waals surface area (Å²) in [4.78, 5) is 13.5. The largest absolute Gasteiger partial charge is 0.316 e. The summed E-state index contributed by atoms with van der Waals surface area (Å²) in [6.45, 7) is 2.14. The molecule has 0 aliphatic carbocycles. The first-order valence-electron chi connectivity index (χ1n) is 7.38. The third-order valence-corrected chi connectivity index (χ3v) is 4.04. The van der Waals surface area contributed by atoms with E-state index < -0.39 is 0 Å². The van der Waals surface area contributed by atoms with Gasteiger partial charge < -0.3 is 5.32 Å². The maximum atomic E-state index is 4.86. The molecular weight excluding hydrogens is 262 g/mol. The first-order valence-corrected chi connectivity index (χ1v) is 7.38. The lowest BCUT2D eigenvalue weighted by Crippen LogP contribution is -2.28. The zero-order valence-electron chi connectivity index (χ0n) is 11.7. The van der Waals surface area contributed by atoms with Crippen LogP contribution >= 0.6 is 0 Å². The number of hydrogen-bond donors (Lipinski definition) is 1. The highest BCUT2D eigenvalue weighted by Crippen LogP contribution is 2.24. The van der Waals surface area contributed by atoms with Crippen molar-refractivity contribution >= 4 is 5.78 Å². The van der Waals surface area contributed by atoms with Crippen LogP contribution in [-0.4, -0.2) is 32.4 Å². The van der Waals surface area contributed by atoms with Gasteiger partial charge in [-0.15, -0.1) is 0 Å². The van der Waals surface area contributed by atoms with Gasteiger partial charge in [0.2, 0.25) is 5.78 Å². The van der Waals surface area contributed by atoms with E-state index in [4.69, 9.17) is 4.98 Å². The van der Waals surface area contributed by atoms with Crippen LogP contribution in [0.4, 0.5) is 0 Å². The highest BCUT2D eigenvalue weighted by Gasteiger charge is 2.17. The second-order valence-electron chi connectivity index (χ2n) is 5.42. The Morgan fingerprint density at radius 3 is 3.10 bits per heavy atom. The molecule has 1 aliphatic heterocycles. The van der Waals surface area contributed by atoms with Crippen LogP contribution in [-0.2, 0) is 0 Å². The highest BCUT2D eigenvalue weighted by molar-refractivity contribution is 5.58. The fourth-order valence-corrected chi connectivity index (χ4v) is 2.94. The number of nitrogens with one attached hydrogen (secondary N) is 1. The van der Waals surface area contributed by atoms with Gasteiger partial charge in [0.25, 0.3) is 0 Å². The third-order valence-electron chi connectivity index (χ3n) is 4.04. The molecule has 21 heavy (non-hydrogen) atoms. The summed E-state index contributed by atoms with van der Waals surface area (Å²) in [5.41, 5.74) is 3.11. The van der Waals surface area contributed by atoms with Crippen molar-refractivity contribution in [2.75, 3.05) is 13.1 Å². The number of rotatable bonds is 2. The van der Waals surface area contributed by atoms with E-state index in [0.717, 1.165) is 24.5 Å². The van der Waals surface area contributed by atoms with Crippen LogP contribution in [0.3, 0.4) is 0 Å². The maximum absolute atomic E-state index is 4.86. The van der Waals surface area contributed by atoms with Crippen molar-refractivity contribution < 1.29 is 0 Å². The van der Waals surface area contributed by atoms with E-state index in [9.17, 15) is 0 Å². The smallest absolute Gasteiger partial charge is 0.234 e. The molecule has 0 saturated carbocycles. The number of piperidine rings is 1. The Morgan fingerprint density at radius 1 is 1.19 bits per heavy atom. The van der Waals surface area contributed by atoms with Crippen molar-refractivity contribution in [2.24, 2.45) is 0 Å². The van der Waals surface area contributed by atoms with Gasteiger partial charge in [-0.2, -0.15) is 0 Å². The molecule has 5 heteroatoms. The predicted octanol–water partition coefficient (Wildman–Crippen LogP) is 2.26. The molecule has 0 bridgehead atoms. The summed E-state index contributed by atoms with van der Waals surface area (Å²) < 4.78 is 1.98. The molecule has 0 spiro atoms. The summed E-state index contributed by atoms with van der Waals surface area (Å²) in [6, 6.07) is 8.16. The summed E-state index contributed by atoms with van der Waals surface area (Å²) >= 11 is 0. The first kappa shape index (κ1) is 12.5.